The summed E-state index contributed by atoms with van der Waals surface area (Å²) >= 11 is 0. The van der Waals surface area contributed by atoms with Gasteiger partial charge in [-0.25, -0.2) is 13.2 Å². The van der Waals surface area contributed by atoms with Gasteiger partial charge in [0.05, 0.1) is 17.6 Å². The lowest BCUT2D eigenvalue weighted by molar-refractivity contribution is 0.0599. The molecule has 0 aromatic heterocycles. The van der Waals surface area contributed by atoms with E-state index in [1.807, 2.05) is 0 Å². The lowest BCUT2D eigenvalue weighted by Crippen LogP contribution is -2.15. The second-order valence-electron chi connectivity index (χ2n) is 5.21. The predicted octanol–water partition coefficient (Wildman–Crippen LogP) is 2.79. The van der Waals surface area contributed by atoms with Gasteiger partial charge in [-0.05, 0) is 43.7 Å². The number of anilines is 1. The lowest BCUT2D eigenvalue weighted by Gasteiger charge is -2.11. The number of sulfonamides is 1. The van der Waals surface area contributed by atoms with E-state index in [1.54, 1.807) is 25.1 Å². The molecule has 0 atom stereocenters. The first-order chi connectivity index (χ1) is 11.2. The van der Waals surface area contributed by atoms with E-state index in [9.17, 15) is 18.0 Å². The highest BCUT2D eigenvalue weighted by molar-refractivity contribution is 7.92. The van der Waals surface area contributed by atoms with Crippen LogP contribution >= 0.6 is 0 Å². The number of benzene rings is 2. The summed E-state index contributed by atoms with van der Waals surface area (Å²) in [4.78, 5) is 23.0. The summed E-state index contributed by atoms with van der Waals surface area (Å²) in [6.45, 7) is 3.09. The molecular formula is C17H17NO5S. The molecule has 0 heterocycles. The molecule has 0 aliphatic rings. The third-order valence-electron chi connectivity index (χ3n) is 3.45. The summed E-state index contributed by atoms with van der Waals surface area (Å²) in [5.74, 6) is -0.775. The predicted molar refractivity (Wildman–Crippen MR) is 89.8 cm³/mol. The number of rotatable bonds is 5. The van der Waals surface area contributed by atoms with Crippen LogP contribution < -0.4 is 4.72 Å². The van der Waals surface area contributed by atoms with Crippen molar-refractivity contribution in [1.82, 2.24) is 0 Å². The van der Waals surface area contributed by atoms with Crippen LogP contribution in [0.25, 0.3) is 0 Å². The molecule has 24 heavy (non-hydrogen) atoms. The summed E-state index contributed by atoms with van der Waals surface area (Å²) in [6, 6.07) is 10.4. The summed E-state index contributed by atoms with van der Waals surface area (Å²) in [7, 11) is -2.68. The molecule has 0 unspecified atom stereocenters. The van der Waals surface area contributed by atoms with Gasteiger partial charge in [0.25, 0.3) is 10.0 Å². The summed E-state index contributed by atoms with van der Waals surface area (Å²) in [6.07, 6.45) is 0. The number of nitrogens with one attached hydrogen (secondary N) is 1. The number of carbonyl (C=O) groups excluding carboxylic acids is 2. The fourth-order valence-electron chi connectivity index (χ4n) is 2.11. The van der Waals surface area contributed by atoms with Gasteiger partial charge in [0, 0.05) is 11.3 Å². The van der Waals surface area contributed by atoms with Crippen LogP contribution in [-0.2, 0) is 14.8 Å². The number of esters is 1. The number of methoxy groups -OCH3 is 1. The first kappa shape index (κ1) is 17.7. The van der Waals surface area contributed by atoms with E-state index >= 15 is 0 Å². The van der Waals surface area contributed by atoms with Crippen molar-refractivity contribution in [3.05, 3.63) is 59.2 Å². The number of ether oxygens (including phenoxy) is 1. The first-order valence-electron chi connectivity index (χ1n) is 7.07. The fraction of sp³-hybridized carbons (Fsp3) is 0.176. The average molecular weight is 347 g/mol. The highest BCUT2D eigenvalue weighted by Gasteiger charge is 2.19. The smallest absolute Gasteiger partial charge is 0.338 e. The van der Waals surface area contributed by atoms with E-state index in [1.165, 1.54) is 38.3 Å². The van der Waals surface area contributed by atoms with Crippen molar-refractivity contribution in [2.24, 2.45) is 0 Å². The van der Waals surface area contributed by atoms with Gasteiger partial charge in [-0.3, -0.25) is 9.52 Å². The van der Waals surface area contributed by atoms with Gasteiger partial charge in [-0.1, -0.05) is 18.2 Å². The van der Waals surface area contributed by atoms with Gasteiger partial charge in [0.1, 0.15) is 0 Å². The van der Waals surface area contributed by atoms with Gasteiger partial charge in [-0.15, -0.1) is 0 Å². The Balaban J connectivity index is 2.39. The number of Topliss-reactive ketones (excluding diaryl/α,β-unsaturated/α-hetero) is 1. The van der Waals surface area contributed by atoms with Gasteiger partial charge < -0.3 is 4.74 Å². The molecule has 0 spiro atoms. The van der Waals surface area contributed by atoms with E-state index < -0.39 is 16.0 Å². The van der Waals surface area contributed by atoms with Crippen LogP contribution in [-0.4, -0.2) is 27.3 Å². The van der Waals surface area contributed by atoms with Crippen LogP contribution in [0.5, 0.6) is 0 Å². The van der Waals surface area contributed by atoms with Crippen LogP contribution in [0.3, 0.4) is 0 Å². The molecule has 2 aromatic carbocycles. The molecule has 0 aliphatic carbocycles. The van der Waals surface area contributed by atoms with Crippen molar-refractivity contribution in [2.45, 2.75) is 18.7 Å². The molecular weight excluding hydrogens is 330 g/mol. The van der Waals surface area contributed by atoms with Gasteiger partial charge in [-0.2, -0.15) is 0 Å². The number of carbonyl (C=O) groups is 2. The summed E-state index contributed by atoms with van der Waals surface area (Å²) < 4.78 is 32.1. The highest BCUT2D eigenvalue weighted by atomic mass is 32.2. The van der Waals surface area contributed by atoms with Gasteiger partial charge >= 0.3 is 5.97 Å². The summed E-state index contributed by atoms with van der Waals surface area (Å²) in [5, 5.41) is 0. The van der Waals surface area contributed by atoms with Crippen molar-refractivity contribution in [1.29, 1.82) is 0 Å². The highest BCUT2D eigenvalue weighted by Crippen LogP contribution is 2.20. The van der Waals surface area contributed by atoms with Crippen LogP contribution in [0.1, 0.15) is 33.2 Å². The normalized spacial score (nSPS) is 11.0. The first-order valence-corrected chi connectivity index (χ1v) is 8.55. The zero-order valence-corrected chi connectivity index (χ0v) is 14.3. The monoisotopic (exact) mass is 347 g/mol. The number of hydrogen-bond donors (Lipinski definition) is 1. The SMILES string of the molecule is COC(=O)c1cc(S(=O)(=O)Nc2cccc(C(C)=O)c2)ccc1C. The van der Waals surface area contributed by atoms with E-state index in [-0.39, 0.29) is 21.9 Å². The Morgan fingerprint density at radius 1 is 1.08 bits per heavy atom. The van der Waals surface area contributed by atoms with Crippen LogP contribution in [0.2, 0.25) is 0 Å². The molecule has 0 bridgehead atoms. The van der Waals surface area contributed by atoms with Crippen molar-refractivity contribution < 1.29 is 22.7 Å². The average Bonchev–Trinajstić information content (AvgIpc) is 2.54. The molecule has 0 aliphatic heterocycles. The molecule has 0 fully saturated rings. The molecule has 0 saturated carbocycles. The van der Waals surface area contributed by atoms with E-state index in [4.69, 9.17) is 0 Å². The Morgan fingerprint density at radius 2 is 1.79 bits per heavy atom. The molecule has 126 valence electrons. The number of ketones is 1. The maximum absolute atomic E-state index is 12.5. The molecule has 2 aromatic rings. The minimum absolute atomic E-state index is 0.0678. The molecule has 0 amide bonds. The Bertz CT molecular complexity index is 903. The van der Waals surface area contributed by atoms with Crippen LogP contribution in [0.4, 0.5) is 5.69 Å². The molecule has 7 heteroatoms. The maximum Gasteiger partial charge on any atom is 0.338 e. The number of hydrogen-bond acceptors (Lipinski definition) is 5. The van der Waals surface area contributed by atoms with E-state index in [2.05, 4.69) is 9.46 Å². The molecule has 0 radical (unpaired) electrons. The quantitative estimate of drug-likeness (QED) is 0.663. The van der Waals surface area contributed by atoms with E-state index in [0.29, 0.717) is 11.1 Å². The zero-order chi connectivity index (χ0) is 17.9. The van der Waals surface area contributed by atoms with Crippen molar-refractivity contribution in [3.8, 4) is 0 Å². The largest absolute Gasteiger partial charge is 0.465 e. The van der Waals surface area contributed by atoms with Crippen molar-refractivity contribution >= 4 is 27.5 Å². The molecule has 1 N–H and O–H groups in total. The van der Waals surface area contributed by atoms with Gasteiger partial charge in [0.15, 0.2) is 5.78 Å². The second-order valence-corrected chi connectivity index (χ2v) is 6.89. The topological polar surface area (TPSA) is 89.5 Å². The van der Waals surface area contributed by atoms with Crippen molar-refractivity contribution in [2.75, 3.05) is 11.8 Å². The Morgan fingerprint density at radius 3 is 2.42 bits per heavy atom. The third kappa shape index (κ3) is 3.80. The third-order valence-corrected chi connectivity index (χ3v) is 4.82. The zero-order valence-electron chi connectivity index (χ0n) is 13.5. The molecule has 2 rings (SSSR count). The fourth-order valence-corrected chi connectivity index (χ4v) is 3.19. The Labute approximate surface area is 140 Å². The lowest BCUT2D eigenvalue weighted by atomic mass is 10.1. The van der Waals surface area contributed by atoms with Crippen molar-refractivity contribution in [3.63, 3.8) is 0 Å². The minimum Gasteiger partial charge on any atom is -0.465 e. The summed E-state index contributed by atoms with van der Waals surface area (Å²) in [5.41, 5.74) is 1.45. The molecule has 6 nitrogen and oxygen atoms in total. The minimum atomic E-state index is -3.91. The van der Waals surface area contributed by atoms with E-state index in [0.717, 1.165) is 0 Å². The number of aryl methyl sites for hydroxylation is 1. The standard InChI is InChI=1S/C17H17NO5S/c1-11-7-8-15(10-16(11)17(20)23-3)24(21,22)18-14-6-4-5-13(9-14)12(2)19/h4-10,18H,1-3H3. The maximum atomic E-state index is 12.5. The van der Waals surface area contributed by atoms with Gasteiger partial charge in [0.2, 0.25) is 0 Å². The Hall–Kier alpha value is -2.67. The van der Waals surface area contributed by atoms with Crippen LogP contribution in [0.15, 0.2) is 47.4 Å². The molecule has 0 saturated heterocycles. The van der Waals surface area contributed by atoms with Crippen LogP contribution in [0, 0.1) is 6.92 Å². The second kappa shape index (κ2) is 6.84. The Kier molecular flexibility index (Phi) is 5.04.